The summed E-state index contributed by atoms with van der Waals surface area (Å²) in [7, 11) is 0. The number of likely N-dealkylation sites (tertiary alicyclic amines) is 1. The van der Waals surface area contributed by atoms with Gasteiger partial charge < -0.3 is 9.64 Å². The maximum atomic E-state index is 12.3. The van der Waals surface area contributed by atoms with Gasteiger partial charge in [-0.1, -0.05) is 30.1 Å². The van der Waals surface area contributed by atoms with E-state index in [1.54, 1.807) is 25.1 Å². The van der Waals surface area contributed by atoms with Crippen molar-refractivity contribution in [2.45, 2.75) is 32.8 Å². The molecule has 0 N–H and O–H groups in total. The number of piperidine rings is 1. The number of carbonyl (C=O) groups is 1. The second-order valence-electron chi connectivity index (χ2n) is 5.34. The van der Waals surface area contributed by atoms with Crippen LogP contribution in [0.25, 0.3) is 0 Å². The molecule has 1 heterocycles. The van der Waals surface area contributed by atoms with Crippen molar-refractivity contribution in [3.63, 3.8) is 0 Å². The van der Waals surface area contributed by atoms with Gasteiger partial charge in [-0.05, 0) is 43.9 Å². The molecule has 0 aliphatic carbocycles. The maximum absolute atomic E-state index is 12.3. The number of halogens is 2. The Morgan fingerprint density at radius 1 is 1.35 bits per heavy atom. The van der Waals surface area contributed by atoms with Crippen LogP contribution in [0, 0.1) is 5.92 Å². The van der Waals surface area contributed by atoms with E-state index in [9.17, 15) is 4.79 Å². The minimum absolute atomic E-state index is 0.0166. The number of ether oxygens (including phenoxy) is 1. The summed E-state index contributed by atoms with van der Waals surface area (Å²) in [6.07, 6.45) is 1.57. The molecule has 2 rings (SSSR count). The monoisotopic (exact) mass is 315 g/mol. The van der Waals surface area contributed by atoms with Crippen LogP contribution in [0.3, 0.4) is 0 Å². The molecule has 5 heteroatoms. The highest BCUT2D eigenvalue weighted by Gasteiger charge is 2.25. The van der Waals surface area contributed by atoms with Crippen LogP contribution < -0.4 is 4.74 Å². The number of benzene rings is 1. The second kappa shape index (κ2) is 6.68. The van der Waals surface area contributed by atoms with Crippen molar-refractivity contribution in [3.8, 4) is 5.75 Å². The van der Waals surface area contributed by atoms with Crippen LogP contribution in [0.4, 0.5) is 0 Å². The average molecular weight is 316 g/mol. The molecule has 3 nitrogen and oxygen atoms in total. The Morgan fingerprint density at radius 2 is 2.00 bits per heavy atom. The first-order chi connectivity index (χ1) is 9.47. The fourth-order valence-corrected chi connectivity index (χ4v) is 2.75. The summed E-state index contributed by atoms with van der Waals surface area (Å²) in [5.74, 6) is 1.20. The first-order valence-corrected chi connectivity index (χ1v) is 7.63. The van der Waals surface area contributed by atoms with Gasteiger partial charge in [0.2, 0.25) is 0 Å². The Hall–Kier alpha value is -0.930. The number of rotatable bonds is 3. The molecule has 1 aliphatic heterocycles. The first kappa shape index (κ1) is 15.5. The Balaban J connectivity index is 1.97. The van der Waals surface area contributed by atoms with E-state index >= 15 is 0 Å². The van der Waals surface area contributed by atoms with Crippen molar-refractivity contribution >= 4 is 29.1 Å². The van der Waals surface area contributed by atoms with Crippen LogP contribution in [0.2, 0.25) is 10.0 Å². The van der Waals surface area contributed by atoms with Crippen molar-refractivity contribution in [2.75, 3.05) is 13.1 Å². The van der Waals surface area contributed by atoms with Crippen LogP contribution >= 0.6 is 23.2 Å². The third kappa shape index (κ3) is 3.80. The molecule has 0 bridgehead atoms. The molecule has 1 atom stereocenters. The van der Waals surface area contributed by atoms with Crippen LogP contribution in [-0.4, -0.2) is 30.0 Å². The van der Waals surface area contributed by atoms with Crippen molar-refractivity contribution in [1.82, 2.24) is 4.90 Å². The van der Waals surface area contributed by atoms with E-state index in [2.05, 4.69) is 6.92 Å². The van der Waals surface area contributed by atoms with Gasteiger partial charge in [0.15, 0.2) is 6.10 Å². The summed E-state index contributed by atoms with van der Waals surface area (Å²) in [5.41, 5.74) is 0. The zero-order chi connectivity index (χ0) is 14.7. The largest absolute Gasteiger partial charge is 0.479 e. The van der Waals surface area contributed by atoms with E-state index < -0.39 is 6.10 Å². The van der Waals surface area contributed by atoms with E-state index in [1.807, 2.05) is 4.90 Å². The lowest BCUT2D eigenvalue weighted by Gasteiger charge is -2.32. The third-order valence-corrected chi connectivity index (χ3v) is 4.17. The molecule has 110 valence electrons. The molecular weight excluding hydrogens is 297 g/mol. The molecule has 1 unspecified atom stereocenters. The third-order valence-electron chi connectivity index (χ3n) is 3.64. The van der Waals surface area contributed by atoms with Gasteiger partial charge in [-0.15, -0.1) is 0 Å². The van der Waals surface area contributed by atoms with Crippen LogP contribution in [0.1, 0.15) is 26.7 Å². The van der Waals surface area contributed by atoms with E-state index in [0.29, 0.717) is 21.7 Å². The molecular formula is C15H19Cl2NO2. The second-order valence-corrected chi connectivity index (χ2v) is 6.19. The van der Waals surface area contributed by atoms with Crippen molar-refractivity contribution in [1.29, 1.82) is 0 Å². The molecule has 20 heavy (non-hydrogen) atoms. The molecule has 1 saturated heterocycles. The summed E-state index contributed by atoms with van der Waals surface area (Å²) in [6, 6.07) is 4.99. The molecule has 0 spiro atoms. The van der Waals surface area contributed by atoms with E-state index in [1.165, 1.54) is 0 Å². The summed E-state index contributed by atoms with van der Waals surface area (Å²) in [5, 5.41) is 0.968. The van der Waals surface area contributed by atoms with Crippen LogP contribution in [0.5, 0.6) is 5.75 Å². The Labute approximate surface area is 129 Å². The average Bonchev–Trinajstić information content (AvgIpc) is 2.42. The van der Waals surface area contributed by atoms with Gasteiger partial charge in [-0.2, -0.15) is 0 Å². The van der Waals surface area contributed by atoms with Crippen LogP contribution in [0.15, 0.2) is 18.2 Å². The number of amides is 1. The lowest BCUT2D eigenvalue weighted by atomic mass is 9.99. The zero-order valence-electron chi connectivity index (χ0n) is 11.7. The Morgan fingerprint density at radius 3 is 2.60 bits per heavy atom. The van der Waals surface area contributed by atoms with E-state index in [0.717, 1.165) is 25.9 Å². The molecule has 1 aromatic carbocycles. The molecule has 0 aromatic heterocycles. The minimum Gasteiger partial charge on any atom is -0.479 e. The molecule has 1 fully saturated rings. The molecule has 1 aromatic rings. The Kier molecular flexibility index (Phi) is 5.17. The lowest BCUT2D eigenvalue weighted by Crippen LogP contribution is -2.44. The molecule has 0 radical (unpaired) electrons. The van der Waals surface area contributed by atoms with Gasteiger partial charge in [0, 0.05) is 18.1 Å². The van der Waals surface area contributed by atoms with Crippen molar-refractivity contribution < 1.29 is 9.53 Å². The van der Waals surface area contributed by atoms with Gasteiger partial charge in [0.05, 0.1) is 5.02 Å². The number of nitrogens with zero attached hydrogens (tertiary/aromatic N) is 1. The van der Waals surface area contributed by atoms with Gasteiger partial charge >= 0.3 is 0 Å². The van der Waals surface area contributed by atoms with Gasteiger partial charge in [-0.25, -0.2) is 0 Å². The predicted molar refractivity (Wildman–Crippen MR) is 81.5 cm³/mol. The zero-order valence-corrected chi connectivity index (χ0v) is 13.2. The summed E-state index contributed by atoms with van der Waals surface area (Å²) < 4.78 is 5.66. The van der Waals surface area contributed by atoms with E-state index in [4.69, 9.17) is 27.9 Å². The molecule has 0 saturated carbocycles. The number of hydrogen-bond donors (Lipinski definition) is 0. The normalized spacial score (nSPS) is 17.9. The van der Waals surface area contributed by atoms with Gasteiger partial charge in [0.1, 0.15) is 5.75 Å². The number of hydrogen-bond acceptors (Lipinski definition) is 2. The summed E-state index contributed by atoms with van der Waals surface area (Å²) in [6.45, 7) is 5.59. The minimum atomic E-state index is -0.540. The van der Waals surface area contributed by atoms with Gasteiger partial charge in [0.25, 0.3) is 5.91 Å². The maximum Gasteiger partial charge on any atom is 0.263 e. The SMILES string of the molecule is CC1CCN(C(=O)C(C)Oc2ccc(Cl)cc2Cl)CC1. The quantitative estimate of drug-likeness (QED) is 0.843. The highest BCUT2D eigenvalue weighted by molar-refractivity contribution is 6.35. The van der Waals surface area contributed by atoms with Crippen LogP contribution in [-0.2, 0) is 4.79 Å². The Bertz CT molecular complexity index is 485. The van der Waals surface area contributed by atoms with Crippen molar-refractivity contribution in [3.05, 3.63) is 28.2 Å². The fourth-order valence-electron chi connectivity index (χ4n) is 2.30. The fraction of sp³-hybridized carbons (Fsp3) is 0.533. The molecule has 1 amide bonds. The summed E-state index contributed by atoms with van der Waals surface area (Å²) >= 11 is 11.9. The topological polar surface area (TPSA) is 29.5 Å². The highest BCUT2D eigenvalue weighted by atomic mass is 35.5. The van der Waals surface area contributed by atoms with E-state index in [-0.39, 0.29) is 5.91 Å². The van der Waals surface area contributed by atoms with Crippen molar-refractivity contribution in [2.24, 2.45) is 5.92 Å². The van der Waals surface area contributed by atoms with Gasteiger partial charge in [-0.3, -0.25) is 4.79 Å². The highest BCUT2D eigenvalue weighted by Crippen LogP contribution is 2.28. The predicted octanol–water partition coefficient (Wildman–Crippen LogP) is 4.02. The smallest absolute Gasteiger partial charge is 0.263 e. The lowest BCUT2D eigenvalue weighted by molar-refractivity contribution is -0.139. The first-order valence-electron chi connectivity index (χ1n) is 6.88. The standard InChI is InChI=1S/C15H19Cl2NO2/c1-10-5-7-18(8-6-10)15(19)11(2)20-14-4-3-12(16)9-13(14)17/h3-4,9-11H,5-8H2,1-2H3. The number of carbonyl (C=O) groups excluding carboxylic acids is 1. The molecule has 1 aliphatic rings. The summed E-state index contributed by atoms with van der Waals surface area (Å²) in [4.78, 5) is 14.2.